The van der Waals surface area contributed by atoms with Gasteiger partial charge in [0.15, 0.2) is 5.16 Å². The molecule has 31 heavy (non-hydrogen) atoms. The first-order valence-corrected chi connectivity index (χ1v) is 12.1. The van der Waals surface area contributed by atoms with E-state index in [1.165, 1.54) is 36.6 Å². The number of aromatic nitrogens is 3. The Morgan fingerprint density at radius 2 is 1.81 bits per heavy atom. The molecule has 0 aliphatic heterocycles. The van der Waals surface area contributed by atoms with Crippen molar-refractivity contribution in [2.24, 2.45) is 17.8 Å². The van der Waals surface area contributed by atoms with Crippen molar-refractivity contribution in [1.29, 1.82) is 0 Å². The molecular weight excluding hydrogens is 410 g/mol. The van der Waals surface area contributed by atoms with Crippen molar-refractivity contribution in [1.82, 2.24) is 25.4 Å². The lowest BCUT2D eigenvalue weighted by molar-refractivity contribution is -0.117. The normalized spacial score (nSPS) is 28.5. The van der Waals surface area contributed by atoms with Gasteiger partial charge in [0.1, 0.15) is 6.33 Å². The van der Waals surface area contributed by atoms with Crippen molar-refractivity contribution in [3.8, 4) is 5.69 Å². The topological polar surface area (TPSA) is 88.9 Å². The minimum Gasteiger partial charge on any atom is -0.332 e. The highest BCUT2D eigenvalue weighted by Crippen LogP contribution is 2.55. The van der Waals surface area contributed by atoms with Crippen molar-refractivity contribution < 1.29 is 9.59 Å². The van der Waals surface area contributed by atoms with Gasteiger partial charge in [-0.25, -0.2) is 4.79 Å². The van der Waals surface area contributed by atoms with Crippen LogP contribution >= 0.6 is 11.8 Å². The summed E-state index contributed by atoms with van der Waals surface area (Å²) >= 11 is 1.28. The molecule has 0 spiro atoms. The second-order valence-electron chi connectivity index (χ2n) is 9.76. The monoisotopic (exact) mass is 439 g/mol. The van der Waals surface area contributed by atoms with Gasteiger partial charge in [0, 0.05) is 5.54 Å². The summed E-state index contributed by atoms with van der Waals surface area (Å²) in [7, 11) is 0. The smallest absolute Gasteiger partial charge is 0.321 e. The van der Waals surface area contributed by atoms with Crippen LogP contribution in [0.1, 0.15) is 49.7 Å². The number of amides is 3. The number of nitrogens with zero attached hydrogens (tertiary/aromatic N) is 3. The number of benzene rings is 1. The fraction of sp³-hybridized carbons (Fsp3) is 0.565. The lowest BCUT2D eigenvalue weighted by Crippen LogP contribution is -2.61. The molecule has 0 unspecified atom stereocenters. The van der Waals surface area contributed by atoms with E-state index in [0.29, 0.717) is 5.16 Å². The first kappa shape index (κ1) is 20.5. The zero-order chi connectivity index (χ0) is 21.6. The van der Waals surface area contributed by atoms with Gasteiger partial charge in [0.2, 0.25) is 5.91 Å². The highest BCUT2D eigenvalue weighted by atomic mass is 32.2. The molecule has 0 atom stereocenters. The van der Waals surface area contributed by atoms with Gasteiger partial charge in [-0.2, -0.15) is 0 Å². The summed E-state index contributed by atoms with van der Waals surface area (Å²) in [5.74, 6) is 2.03. The van der Waals surface area contributed by atoms with Crippen LogP contribution in [-0.2, 0) is 4.79 Å². The van der Waals surface area contributed by atoms with Gasteiger partial charge >= 0.3 is 6.03 Å². The quantitative estimate of drug-likeness (QED) is 0.693. The van der Waals surface area contributed by atoms with Gasteiger partial charge in [-0.1, -0.05) is 29.5 Å². The Morgan fingerprint density at radius 1 is 1.13 bits per heavy atom. The van der Waals surface area contributed by atoms with Crippen molar-refractivity contribution in [3.63, 3.8) is 0 Å². The molecule has 4 aliphatic rings. The summed E-state index contributed by atoms with van der Waals surface area (Å²) in [6.07, 6.45) is 8.80. The number of nitrogens with one attached hydrogen (secondary N) is 2. The standard InChI is InChI=1S/C23H29N5O2S/c1-14-3-4-19(15(2)5-14)28-13-24-27-22(28)31-12-20(29)25-21(30)26-23-9-16-6-17(10-23)8-18(7-16)11-23/h3-5,13,16-18H,6-12H2,1-2H3,(H2,25,26,29,30). The van der Waals surface area contributed by atoms with Crippen LogP contribution in [0.2, 0.25) is 0 Å². The van der Waals surface area contributed by atoms with E-state index in [9.17, 15) is 9.59 Å². The third-order valence-corrected chi connectivity index (χ3v) is 8.07. The summed E-state index contributed by atoms with van der Waals surface area (Å²) < 4.78 is 1.88. The molecule has 1 heterocycles. The molecule has 3 amide bonds. The molecule has 7 nitrogen and oxygen atoms in total. The summed E-state index contributed by atoms with van der Waals surface area (Å²) in [4.78, 5) is 25.0. The first-order chi connectivity index (χ1) is 14.9. The summed E-state index contributed by atoms with van der Waals surface area (Å²) in [6, 6.07) is 5.81. The second kappa shape index (κ2) is 7.97. The molecule has 1 aromatic heterocycles. The number of thioether (sulfide) groups is 1. The van der Waals surface area contributed by atoms with Gasteiger partial charge < -0.3 is 5.32 Å². The fourth-order valence-electron chi connectivity index (χ4n) is 6.39. The average molecular weight is 440 g/mol. The van der Waals surface area contributed by atoms with Gasteiger partial charge in [-0.3, -0.25) is 14.7 Å². The van der Waals surface area contributed by atoms with Crippen LogP contribution < -0.4 is 10.6 Å². The Morgan fingerprint density at radius 3 is 2.45 bits per heavy atom. The Kier molecular flexibility index (Phi) is 5.28. The molecule has 8 heteroatoms. The number of carbonyl (C=O) groups excluding carboxylic acids is 2. The molecule has 4 aliphatic carbocycles. The number of carbonyl (C=O) groups is 2. The maximum atomic E-state index is 12.6. The van der Waals surface area contributed by atoms with E-state index in [0.717, 1.165) is 48.3 Å². The molecule has 6 rings (SSSR count). The third kappa shape index (κ3) is 4.22. The molecule has 2 aromatic rings. The van der Waals surface area contributed by atoms with E-state index in [1.54, 1.807) is 6.33 Å². The minimum atomic E-state index is -0.358. The second-order valence-corrected chi connectivity index (χ2v) is 10.7. The molecule has 164 valence electrons. The fourth-order valence-corrected chi connectivity index (χ4v) is 7.11. The van der Waals surface area contributed by atoms with Gasteiger partial charge in [-0.15, -0.1) is 10.2 Å². The number of hydrogen-bond donors (Lipinski definition) is 2. The highest BCUT2D eigenvalue weighted by Gasteiger charge is 2.51. The minimum absolute atomic E-state index is 0.102. The van der Waals surface area contributed by atoms with E-state index in [2.05, 4.69) is 33.8 Å². The van der Waals surface area contributed by atoms with E-state index in [4.69, 9.17) is 0 Å². The van der Waals surface area contributed by atoms with Crippen LogP contribution in [0.25, 0.3) is 5.69 Å². The van der Waals surface area contributed by atoms with Gasteiger partial charge in [-0.05, 0) is 81.8 Å². The van der Waals surface area contributed by atoms with Crippen molar-refractivity contribution in [3.05, 3.63) is 35.7 Å². The van der Waals surface area contributed by atoms with Gasteiger partial charge in [0.25, 0.3) is 0 Å². The lowest BCUT2D eigenvalue weighted by atomic mass is 9.53. The van der Waals surface area contributed by atoms with Crippen LogP contribution in [0.4, 0.5) is 4.79 Å². The van der Waals surface area contributed by atoms with E-state index in [-0.39, 0.29) is 23.2 Å². The molecule has 0 radical (unpaired) electrons. The van der Waals surface area contributed by atoms with Crippen LogP contribution in [0.15, 0.2) is 29.7 Å². The van der Waals surface area contributed by atoms with Gasteiger partial charge in [0.05, 0.1) is 11.4 Å². The lowest BCUT2D eigenvalue weighted by Gasteiger charge is -2.56. The Labute approximate surface area is 186 Å². The number of urea groups is 1. The molecule has 4 fully saturated rings. The van der Waals surface area contributed by atoms with E-state index in [1.807, 2.05) is 23.6 Å². The molecule has 2 N–H and O–H groups in total. The molecular formula is C23H29N5O2S. The SMILES string of the molecule is Cc1ccc(-n2cnnc2SCC(=O)NC(=O)NC23CC4CC(CC(C4)C2)C3)c(C)c1. The number of rotatable bonds is 5. The maximum absolute atomic E-state index is 12.6. The van der Waals surface area contributed by atoms with Crippen molar-refractivity contribution >= 4 is 23.7 Å². The van der Waals surface area contributed by atoms with Crippen molar-refractivity contribution in [2.75, 3.05) is 5.75 Å². The van der Waals surface area contributed by atoms with Crippen LogP contribution in [0.5, 0.6) is 0 Å². The predicted octanol–water partition coefficient (Wildman–Crippen LogP) is 3.77. The van der Waals surface area contributed by atoms with Crippen LogP contribution in [0.3, 0.4) is 0 Å². The molecule has 1 aromatic carbocycles. The van der Waals surface area contributed by atoms with Crippen LogP contribution in [-0.4, -0.2) is 38.0 Å². The number of aryl methyl sites for hydroxylation is 2. The largest absolute Gasteiger partial charge is 0.332 e. The zero-order valence-electron chi connectivity index (χ0n) is 18.1. The predicted molar refractivity (Wildman–Crippen MR) is 119 cm³/mol. The Balaban J connectivity index is 1.17. The summed E-state index contributed by atoms with van der Waals surface area (Å²) in [5, 5.41) is 14.5. The Bertz CT molecular complexity index is 982. The zero-order valence-corrected chi connectivity index (χ0v) is 18.9. The van der Waals surface area contributed by atoms with Crippen molar-refractivity contribution in [2.45, 2.75) is 63.1 Å². The van der Waals surface area contributed by atoms with Crippen LogP contribution in [0, 0.1) is 31.6 Å². The summed E-state index contributed by atoms with van der Waals surface area (Å²) in [6.45, 7) is 4.09. The third-order valence-electron chi connectivity index (χ3n) is 7.13. The molecule has 4 bridgehead atoms. The number of hydrogen-bond acceptors (Lipinski definition) is 5. The van der Waals surface area contributed by atoms with E-state index < -0.39 is 0 Å². The van der Waals surface area contributed by atoms with E-state index >= 15 is 0 Å². The maximum Gasteiger partial charge on any atom is 0.321 e. The Hall–Kier alpha value is -2.35. The average Bonchev–Trinajstić information content (AvgIpc) is 3.13. The summed E-state index contributed by atoms with van der Waals surface area (Å²) in [5.41, 5.74) is 3.18. The highest BCUT2D eigenvalue weighted by molar-refractivity contribution is 7.99. The molecule has 4 saturated carbocycles. The number of imide groups is 1. The first-order valence-electron chi connectivity index (χ1n) is 11.1. The molecule has 0 saturated heterocycles.